The SMILES string of the molecule is CS(=O)(=O)c1ccc(S(=O)(=O)N2CCC(C(=O)Nc3sc4c(c3C(N)=O)CCCC4)CC2)cc1. The average molecular weight is 526 g/mol. The van der Waals surface area contributed by atoms with Gasteiger partial charge in [0.15, 0.2) is 9.84 Å². The molecule has 2 amide bonds. The number of hydrogen-bond donors (Lipinski definition) is 2. The number of nitrogens with zero attached hydrogens (tertiary/aromatic N) is 1. The van der Waals surface area contributed by atoms with Crippen LogP contribution < -0.4 is 11.1 Å². The monoisotopic (exact) mass is 525 g/mol. The normalized spacial score (nSPS) is 17.8. The maximum absolute atomic E-state index is 13.0. The van der Waals surface area contributed by atoms with Gasteiger partial charge >= 0.3 is 0 Å². The first kappa shape index (κ1) is 24.8. The third kappa shape index (κ3) is 4.90. The summed E-state index contributed by atoms with van der Waals surface area (Å²) in [6.45, 7) is 0.329. The molecule has 1 aliphatic heterocycles. The molecule has 4 rings (SSSR count). The van der Waals surface area contributed by atoms with Gasteiger partial charge in [0.1, 0.15) is 5.00 Å². The zero-order chi connectivity index (χ0) is 24.7. The highest BCUT2D eigenvalue weighted by Gasteiger charge is 2.33. The minimum absolute atomic E-state index is 0.0121. The molecule has 12 heteroatoms. The minimum atomic E-state index is -3.80. The van der Waals surface area contributed by atoms with Crippen LogP contribution in [0.5, 0.6) is 0 Å². The summed E-state index contributed by atoms with van der Waals surface area (Å²) < 4.78 is 50.5. The number of piperidine rings is 1. The standard InChI is InChI=1S/C22H27N3O6S3/c1-33(28,29)15-6-8-16(9-7-15)34(30,31)25-12-10-14(11-13-25)21(27)24-22-19(20(23)26)17-4-2-3-5-18(17)32-22/h6-9,14H,2-5,10-13H2,1H3,(H2,23,26)(H,24,27). The molecule has 34 heavy (non-hydrogen) atoms. The number of carbonyl (C=O) groups is 2. The number of sulfone groups is 1. The van der Waals surface area contributed by atoms with Crippen molar-refractivity contribution in [3.63, 3.8) is 0 Å². The van der Waals surface area contributed by atoms with E-state index in [2.05, 4.69) is 5.32 Å². The van der Waals surface area contributed by atoms with Crippen molar-refractivity contribution in [2.75, 3.05) is 24.7 Å². The summed E-state index contributed by atoms with van der Waals surface area (Å²) in [6.07, 6.45) is 5.42. The Balaban J connectivity index is 1.42. The maximum atomic E-state index is 13.0. The quantitative estimate of drug-likeness (QED) is 0.592. The third-order valence-electron chi connectivity index (χ3n) is 6.37. The topological polar surface area (TPSA) is 144 Å². The molecule has 0 unspecified atom stereocenters. The van der Waals surface area contributed by atoms with E-state index in [-0.39, 0.29) is 34.7 Å². The third-order valence-corrected chi connectivity index (χ3v) is 10.6. The molecule has 0 bridgehead atoms. The van der Waals surface area contributed by atoms with E-state index in [4.69, 9.17) is 5.73 Å². The highest BCUT2D eigenvalue weighted by molar-refractivity contribution is 7.90. The number of benzene rings is 1. The Morgan fingerprint density at radius 1 is 1.00 bits per heavy atom. The second-order valence-corrected chi connectivity index (χ2v) is 13.7. The summed E-state index contributed by atoms with van der Waals surface area (Å²) in [4.78, 5) is 26.1. The maximum Gasteiger partial charge on any atom is 0.251 e. The van der Waals surface area contributed by atoms with Crippen LogP contribution >= 0.6 is 11.3 Å². The van der Waals surface area contributed by atoms with Crippen LogP contribution in [0.4, 0.5) is 5.00 Å². The van der Waals surface area contributed by atoms with Crippen LogP contribution in [0, 0.1) is 5.92 Å². The van der Waals surface area contributed by atoms with Crippen LogP contribution in [-0.4, -0.2) is 52.3 Å². The van der Waals surface area contributed by atoms with Gasteiger partial charge in [-0.15, -0.1) is 11.3 Å². The van der Waals surface area contributed by atoms with E-state index in [1.807, 2.05) is 0 Å². The van der Waals surface area contributed by atoms with Gasteiger partial charge in [-0.2, -0.15) is 4.31 Å². The molecular weight excluding hydrogens is 498 g/mol. The first-order valence-corrected chi connectivity index (χ1v) is 15.2. The molecule has 1 saturated heterocycles. The zero-order valence-electron chi connectivity index (χ0n) is 18.7. The highest BCUT2D eigenvalue weighted by atomic mass is 32.2. The Labute approximate surface area is 203 Å². The molecule has 2 heterocycles. The van der Waals surface area contributed by atoms with Crippen LogP contribution in [0.25, 0.3) is 0 Å². The van der Waals surface area contributed by atoms with E-state index >= 15 is 0 Å². The predicted octanol–water partition coefficient (Wildman–Crippen LogP) is 2.17. The van der Waals surface area contributed by atoms with Crippen molar-refractivity contribution in [3.05, 3.63) is 40.3 Å². The molecule has 0 radical (unpaired) electrons. The van der Waals surface area contributed by atoms with Gasteiger partial charge in [0.25, 0.3) is 5.91 Å². The largest absolute Gasteiger partial charge is 0.365 e. The number of thiophene rings is 1. The molecule has 2 aromatic rings. The average Bonchev–Trinajstić information content (AvgIpc) is 3.16. The van der Waals surface area contributed by atoms with Crippen molar-refractivity contribution in [1.82, 2.24) is 4.31 Å². The van der Waals surface area contributed by atoms with Crippen LogP contribution in [0.15, 0.2) is 34.1 Å². The van der Waals surface area contributed by atoms with Crippen LogP contribution in [0.1, 0.15) is 46.5 Å². The van der Waals surface area contributed by atoms with Crippen molar-refractivity contribution in [2.45, 2.75) is 48.3 Å². The summed E-state index contributed by atoms with van der Waals surface area (Å²) in [5.41, 5.74) is 6.96. The highest BCUT2D eigenvalue weighted by Crippen LogP contribution is 2.38. The van der Waals surface area contributed by atoms with E-state index in [0.717, 1.165) is 42.4 Å². The van der Waals surface area contributed by atoms with E-state index in [9.17, 15) is 26.4 Å². The molecule has 184 valence electrons. The van der Waals surface area contributed by atoms with E-state index < -0.39 is 25.8 Å². The molecule has 2 aliphatic rings. The Kier molecular flexibility index (Phi) is 6.87. The second kappa shape index (κ2) is 9.40. The smallest absolute Gasteiger partial charge is 0.251 e. The van der Waals surface area contributed by atoms with Gasteiger partial charge in [0, 0.05) is 30.1 Å². The van der Waals surface area contributed by atoms with E-state index in [1.54, 1.807) is 0 Å². The number of anilines is 1. The number of nitrogens with two attached hydrogens (primary N) is 1. The lowest BCUT2D eigenvalue weighted by molar-refractivity contribution is -0.120. The Bertz CT molecular complexity index is 1320. The summed E-state index contributed by atoms with van der Waals surface area (Å²) in [5.74, 6) is -1.17. The lowest BCUT2D eigenvalue weighted by Gasteiger charge is -2.30. The second-order valence-electron chi connectivity index (χ2n) is 8.69. The molecule has 1 aromatic heterocycles. The first-order chi connectivity index (χ1) is 16.0. The summed E-state index contributed by atoms with van der Waals surface area (Å²) in [6, 6.07) is 5.13. The van der Waals surface area contributed by atoms with E-state index in [1.165, 1.54) is 39.9 Å². The fraction of sp³-hybridized carbons (Fsp3) is 0.455. The molecule has 9 nitrogen and oxygen atoms in total. The van der Waals surface area contributed by atoms with Crippen molar-refractivity contribution < 1.29 is 26.4 Å². The number of sulfonamides is 1. The van der Waals surface area contributed by atoms with Gasteiger partial charge in [-0.05, 0) is 68.4 Å². The van der Waals surface area contributed by atoms with Crippen molar-refractivity contribution in [3.8, 4) is 0 Å². The molecule has 1 fully saturated rings. The van der Waals surface area contributed by atoms with Crippen LogP contribution in [-0.2, 0) is 37.5 Å². The molecular formula is C22H27N3O6S3. The molecule has 0 saturated carbocycles. The van der Waals surface area contributed by atoms with E-state index in [0.29, 0.717) is 23.4 Å². The fourth-order valence-electron chi connectivity index (χ4n) is 4.49. The van der Waals surface area contributed by atoms with Crippen molar-refractivity contribution in [1.29, 1.82) is 0 Å². The molecule has 1 aromatic carbocycles. The number of nitrogens with one attached hydrogen (secondary N) is 1. The molecule has 0 spiro atoms. The number of amides is 2. The molecule has 3 N–H and O–H groups in total. The van der Waals surface area contributed by atoms with Crippen molar-refractivity contribution in [2.24, 2.45) is 11.7 Å². The van der Waals surface area contributed by atoms with Gasteiger partial charge in [0.05, 0.1) is 15.4 Å². The number of carbonyl (C=O) groups excluding carboxylic acids is 2. The van der Waals surface area contributed by atoms with Gasteiger partial charge in [-0.3, -0.25) is 9.59 Å². The molecule has 1 aliphatic carbocycles. The van der Waals surface area contributed by atoms with Gasteiger partial charge in [-0.1, -0.05) is 0 Å². The fourth-order valence-corrected chi connectivity index (χ4v) is 7.89. The summed E-state index contributed by atoms with van der Waals surface area (Å²) >= 11 is 1.41. The van der Waals surface area contributed by atoms with Gasteiger partial charge in [0.2, 0.25) is 15.9 Å². The van der Waals surface area contributed by atoms with Crippen molar-refractivity contribution >= 4 is 48.0 Å². The summed E-state index contributed by atoms with van der Waals surface area (Å²) in [5, 5.41) is 3.37. The lowest BCUT2D eigenvalue weighted by atomic mass is 9.95. The Hall–Kier alpha value is -2.28. The first-order valence-electron chi connectivity index (χ1n) is 11.0. The van der Waals surface area contributed by atoms with Crippen LogP contribution in [0.3, 0.4) is 0 Å². The number of hydrogen-bond acceptors (Lipinski definition) is 7. The van der Waals surface area contributed by atoms with Gasteiger partial charge < -0.3 is 11.1 Å². The van der Waals surface area contributed by atoms with Crippen LogP contribution in [0.2, 0.25) is 0 Å². The minimum Gasteiger partial charge on any atom is -0.365 e. The Morgan fingerprint density at radius 3 is 2.18 bits per heavy atom. The zero-order valence-corrected chi connectivity index (χ0v) is 21.2. The number of rotatable bonds is 6. The summed E-state index contributed by atoms with van der Waals surface area (Å²) in [7, 11) is -7.23. The predicted molar refractivity (Wildman–Crippen MR) is 129 cm³/mol. The number of primary amides is 1. The number of fused-ring (bicyclic) bond motifs is 1. The van der Waals surface area contributed by atoms with Gasteiger partial charge in [-0.25, -0.2) is 16.8 Å². The number of aryl methyl sites for hydroxylation is 1. The molecule has 0 atom stereocenters. The lowest BCUT2D eigenvalue weighted by Crippen LogP contribution is -2.41. The Morgan fingerprint density at radius 2 is 1.59 bits per heavy atom.